The van der Waals surface area contributed by atoms with Crippen LogP contribution in [-0.4, -0.2) is 11.1 Å². The molecule has 1 heterocycles. The molecule has 0 fully saturated rings. The second-order valence-electron chi connectivity index (χ2n) is 7.58. The van der Waals surface area contributed by atoms with Crippen LogP contribution in [0.4, 0.5) is 4.39 Å². The molecule has 152 valence electrons. The molecule has 0 unspecified atom stereocenters. The van der Waals surface area contributed by atoms with E-state index in [0.29, 0.717) is 23.5 Å². The lowest BCUT2D eigenvalue weighted by Crippen LogP contribution is -2.26. The van der Waals surface area contributed by atoms with E-state index in [0.717, 1.165) is 18.4 Å². The highest BCUT2D eigenvalue weighted by atomic mass is 19.1. The standard InChI is InChI=1S/C26H25FN2O/c1-29-25-17-23(27)13-12-21(25)16-22(26(29)30)18-28-15-14-24(19-8-4-2-5-9-19)20-10-6-3-7-11-20/h2-13,16-17,24,28H,14-15,18H2,1H3. The van der Waals surface area contributed by atoms with Gasteiger partial charge in [0.2, 0.25) is 0 Å². The zero-order valence-corrected chi connectivity index (χ0v) is 17.0. The summed E-state index contributed by atoms with van der Waals surface area (Å²) in [5.74, 6) is -0.0430. The van der Waals surface area contributed by atoms with Gasteiger partial charge in [-0.25, -0.2) is 4.39 Å². The molecule has 4 heteroatoms. The Bertz CT molecular complexity index is 1150. The van der Waals surface area contributed by atoms with Gasteiger partial charge < -0.3 is 9.88 Å². The SMILES string of the molecule is Cn1c(=O)c(CNCCC(c2ccccc2)c2ccccc2)cc2ccc(F)cc21. The maximum atomic E-state index is 13.5. The summed E-state index contributed by atoms with van der Waals surface area (Å²) in [6.07, 6.45) is 0.924. The molecule has 0 saturated heterocycles. The fourth-order valence-corrected chi connectivity index (χ4v) is 4.00. The van der Waals surface area contributed by atoms with Gasteiger partial charge >= 0.3 is 0 Å². The van der Waals surface area contributed by atoms with E-state index in [4.69, 9.17) is 0 Å². The van der Waals surface area contributed by atoms with Crippen LogP contribution in [0.1, 0.15) is 29.0 Å². The summed E-state index contributed by atoms with van der Waals surface area (Å²) >= 11 is 0. The Morgan fingerprint density at radius 1 is 0.900 bits per heavy atom. The zero-order valence-electron chi connectivity index (χ0n) is 17.0. The van der Waals surface area contributed by atoms with Gasteiger partial charge in [-0.1, -0.05) is 60.7 Å². The smallest absolute Gasteiger partial charge is 0.255 e. The van der Waals surface area contributed by atoms with Crippen molar-refractivity contribution in [3.8, 4) is 0 Å². The Balaban J connectivity index is 1.48. The van der Waals surface area contributed by atoms with E-state index in [9.17, 15) is 9.18 Å². The Kier molecular flexibility index (Phi) is 6.05. The van der Waals surface area contributed by atoms with E-state index in [1.165, 1.54) is 27.8 Å². The Morgan fingerprint density at radius 3 is 2.17 bits per heavy atom. The molecule has 4 aromatic rings. The van der Waals surface area contributed by atoms with Gasteiger partial charge in [-0.2, -0.15) is 0 Å². The summed E-state index contributed by atoms with van der Waals surface area (Å²) in [7, 11) is 1.69. The fraction of sp³-hybridized carbons (Fsp3) is 0.192. The van der Waals surface area contributed by atoms with Crippen LogP contribution in [0, 0.1) is 5.82 Å². The number of hydrogen-bond donors (Lipinski definition) is 1. The minimum Gasteiger partial charge on any atom is -0.312 e. The van der Waals surface area contributed by atoms with Crippen LogP contribution in [0.15, 0.2) is 89.7 Å². The zero-order chi connectivity index (χ0) is 20.9. The first-order valence-corrected chi connectivity index (χ1v) is 10.2. The summed E-state index contributed by atoms with van der Waals surface area (Å²) in [4.78, 5) is 12.7. The van der Waals surface area contributed by atoms with Gasteiger partial charge in [-0.3, -0.25) is 4.79 Å². The molecule has 4 rings (SSSR count). The number of halogens is 1. The third-order valence-electron chi connectivity index (χ3n) is 5.59. The molecule has 0 bridgehead atoms. The van der Waals surface area contributed by atoms with Crippen LogP contribution in [-0.2, 0) is 13.6 Å². The summed E-state index contributed by atoms with van der Waals surface area (Å²) < 4.78 is 15.0. The number of nitrogens with one attached hydrogen (secondary N) is 1. The van der Waals surface area contributed by atoms with Crippen molar-refractivity contribution >= 4 is 10.9 Å². The maximum Gasteiger partial charge on any atom is 0.255 e. The number of nitrogens with zero attached hydrogens (tertiary/aromatic N) is 1. The van der Waals surface area contributed by atoms with E-state index in [2.05, 4.69) is 53.8 Å². The largest absolute Gasteiger partial charge is 0.312 e. The highest BCUT2D eigenvalue weighted by molar-refractivity contribution is 5.79. The molecule has 0 aliphatic rings. The lowest BCUT2D eigenvalue weighted by molar-refractivity contribution is 0.607. The molecule has 0 spiro atoms. The number of fused-ring (bicyclic) bond motifs is 1. The van der Waals surface area contributed by atoms with Crippen LogP contribution in [0.2, 0.25) is 0 Å². The molecule has 1 N–H and O–H groups in total. The Hall–Kier alpha value is -3.24. The van der Waals surface area contributed by atoms with E-state index in [1.54, 1.807) is 13.1 Å². The molecule has 0 aliphatic carbocycles. The molecular formula is C26H25FN2O. The highest BCUT2D eigenvalue weighted by Crippen LogP contribution is 2.27. The lowest BCUT2D eigenvalue weighted by atomic mass is 9.88. The van der Waals surface area contributed by atoms with Crippen molar-refractivity contribution in [1.29, 1.82) is 0 Å². The van der Waals surface area contributed by atoms with Crippen LogP contribution >= 0.6 is 0 Å². The van der Waals surface area contributed by atoms with Gasteiger partial charge in [-0.15, -0.1) is 0 Å². The molecule has 0 amide bonds. The summed E-state index contributed by atoms with van der Waals surface area (Å²) in [6.45, 7) is 1.26. The van der Waals surface area contributed by atoms with E-state index in [-0.39, 0.29) is 11.4 Å². The topological polar surface area (TPSA) is 34.0 Å². The van der Waals surface area contributed by atoms with Gasteiger partial charge in [0, 0.05) is 25.1 Å². The first kappa shape index (κ1) is 20.0. The van der Waals surface area contributed by atoms with E-state index < -0.39 is 0 Å². The average Bonchev–Trinajstić information content (AvgIpc) is 2.78. The van der Waals surface area contributed by atoms with Crippen molar-refractivity contribution in [2.45, 2.75) is 18.9 Å². The van der Waals surface area contributed by atoms with Crippen LogP contribution in [0.5, 0.6) is 0 Å². The van der Waals surface area contributed by atoms with Crippen molar-refractivity contribution in [3.05, 3.63) is 118 Å². The first-order valence-electron chi connectivity index (χ1n) is 10.2. The van der Waals surface area contributed by atoms with Crippen molar-refractivity contribution in [2.75, 3.05) is 6.54 Å². The van der Waals surface area contributed by atoms with Gasteiger partial charge in [0.05, 0.1) is 5.52 Å². The van der Waals surface area contributed by atoms with Gasteiger partial charge in [0.25, 0.3) is 5.56 Å². The molecule has 30 heavy (non-hydrogen) atoms. The summed E-state index contributed by atoms with van der Waals surface area (Å²) in [6, 6.07) is 27.4. The van der Waals surface area contributed by atoms with Crippen LogP contribution in [0.3, 0.4) is 0 Å². The minimum absolute atomic E-state index is 0.0942. The van der Waals surface area contributed by atoms with Crippen LogP contribution < -0.4 is 10.9 Å². The van der Waals surface area contributed by atoms with Gasteiger partial charge in [-0.05, 0) is 53.7 Å². The van der Waals surface area contributed by atoms with Crippen molar-refractivity contribution < 1.29 is 4.39 Å². The van der Waals surface area contributed by atoms with Gasteiger partial charge in [0.15, 0.2) is 0 Å². The second-order valence-corrected chi connectivity index (χ2v) is 7.58. The number of aryl methyl sites for hydroxylation is 1. The monoisotopic (exact) mass is 400 g/mol. The predicted octanol–water partition coefficient (Wildman–Crippen LogP) is 4.99. The number of pyridine rings is 1. The fourth-order valence-electron chi connectivity index (χ4n) is 4.00. The minimum atomic E-state index is -0.337. The van der Waals surface area contributed by atoms with Crippen LogP contribution in [0.25, 0.3) is 10.9 Å². The quantitative estimate of drug-likeness (QED) is 0.444. The number of hydrogen-bond acceptors (Lipinski definition) is 2. The van der Waals surface area contributed by atoms with Crippen molar-refractivity contribution in [2.24, 2.45) is 7.05 Å². The summed E-state index contributed by atoms with van der Waals surface area (Å²) in [5, 5.41) is 4.29. The molecule has 3 aromatic carbocycles. The lowest BCUT2D eigenvalue weighted by Gasteiger charge is -2.18. The van der Waals surface area contributed by atoms with E-state index >= 15 is 0 Å². The molecule has 0 atom stereocenters. The summed E-state index contributed by atoms with van der Waals surface area (Å²) in [5.41, 5.74) is 3.77. The number of rotatable bonds is 7. The van der Waals surface area contributed by atoms with Crippen molar-refractivity contribution in [1.82, 2.24) is 9.88 Å². The van der Waals surface area contributed by atoms with Gasteiger partial charge in [0.1, 0.15) is 5.82 Å². The molecule has 1 aromatic heterocycles. The second kappa shape index (κ2) is 9.06. The molecule has 0 radical (unpaired) electrons. The molecular weight excluding hydrogens is 375 g/mol. The molecule has 0 aliphatic heterocycles. The number of aromatic nitrogens is 1. The highest BCUT2D eigenvalue weighted by Gasteiger charge is 2.14. The molecule has 0 saturated carbocycles. The molecule has 3 nitrogen and oxygen atoms in total. The maximum absolute atomic E-state index is 13.5. The average molecular weight is 400 g/mol. The Labute approximate surface area is 175 Å². The predicted molar refractivity (Wildman–Crippen MR) is 120 cm³/mol. The normalized spacial score (nSPS) is 11.3. The first-order chi connectivity index (χ1) is 14.6. The number of benzene rings is 3. The third kappa shape index (κ3) is 4.34. The van der Waals surface area contributed by atoms with E-state index in [1.807, 2.05) is 18.2 Å². The third-order valence-corrected chi connectivity index (χ3v) is 5.59. The Morgan fingerprint density at radius 2 is 1.53 bits per heavy atom. The van der Waals surface area contributed by atoms with Crippen molar-refractivity contribution in [3.63, 3.8) is 0 Å².